The van der Waals surface area contributed by atoms with Gasteiger partial charge in [-0.3, -0.25) is 14.8 Å². The van der Waals surface area contributed by atoms with E-state index in [9.17, 15) is 10.1 Å². The first kappa shape index (κ1) is 11.2. The first-order valence-corrected chi connectivity index (χ1v) is 5.11. The fourth-order valence-corrected chi connectivity index (χ4v) is 1.49. The fourth-order valence-electron chi connectivity index (χ4n) is 1.49. The maximum absolute atomic E-state index is 10.7. The Balaban J connectivity index is 1.96. The zero-order valence-electron chi connectivity index (χ0n) is 9.29. The Kier molecular flexibility index (Phi) is 3.08. The van der Waals surface area contributed by atoms with Gasteiger partial charge in [0.05, 0.1) is 11.2 Å². The second kappa shape index (κ2) is 4.69. The lowest BCUT2D eigenvalue weighted by molar-refractivity contribution is -0.384. The van der Waals surface area contributed by atoms with E-state index in [1.54, 1.807) is 19.4 Å². The molecule has 0 aliphatic carbocycles. The highest BCUT2D eigenvalue weighted by atomic mass is 16.6. The van der Waals surface area contributed by atoms with E-state index in [2.05, 4.69) is 10.4 Å². The topological polar surface area (TPSA) is 86.1 Å². The summed E-state index contributed by atoms with van der Waals surface area (Å²) in [5, 5.41) is 17.6. The molecular weight excluding hydrogens is 224 g/mol. The van der Waals surface area contributed by atoms with Crippen LogP contribution < -0.4 is 5.32 Å². The van der Waals surface area contributed by atoms with Crippen LogP contribution >= 0.6 is 0 Å². The van der Waals surface area contributed by atoms with Crippen molar-refractivity contribution in [1.29, 1.82) is 0 Å². The molecular formula is C10H12N4O3. The van der Waals surface area contributed by atoms with E-state index in [-0.39, 0.29) is 11.5 Å². The third-order valence-electron chi connectivity index (χ3n) is 2.25. The Morgan fingerprint density at radius 3 is 3.12 bits per heavy atom. The van der Waals surface area contributed by atoms with Gasteiger partial charge in [-0.25, -0.2) is 0 Å². The van der Waals surface area contributed by atoms with Crippen molar-refractivity contribution in [1.82, 2.24) is 9.78 Å². The zero-order chi connectivity index (χ0) is 12.3. The van der Waals surface area contributed by atoms with E-state index in [0.717, 1.165) is 5.76 Å². The summed E-state index contributed by atoms with van der Waals surface area (Å²) in [5.41, 5.74) is -0.0213. The Labute approximate surface area is 97.2 Å². The first-order chi connectivity index (χ1) is 8.16. The number of hydrogen-bond donors (Lipinski definition) is 1. The Morgan fingerprint density at radius 1 is 1.65 bits per heavy atom. The van der Waals surface area contributed by atoms with Crippen LogP contribution in [0.5, 0.6) is 0 Å². The number of rotatable bonds is 5. The smallest absolute Gasteiger partial charge is 0.330 e. The molecule has 90 valence electrons. The molecule has 2 aromatic rings. The van der Waals surface area contributed by atoms with Crippen LogP contribution in [-0.2, 0) is 13.5 Å². The largest absolute Gasteiger partial charge is 0.469 e. The highest BCUT2D eigenvalue weighted by molar-refractivity contribution is 5.54. The van der Waals surface area contributed by atoms with Gasteiger partial charge in [-0.2, -0.15) is 0 Å². The number of hydrogen-bond acceptors (Lipinski definition) is 5. The molecule has 0 spiro atoms. The summed E-state index contributed by atoms with van der Waals surface area (Å²) in [6, 6.07) is 3.66. The highest BCUT2D eigenvalue weighted by Gasteiger charge is 2.17. The first-order valence-electron chi connectivity index (χ1n) is 5.11. The lowest BCUT2D eigenvalue weighted by Gasteiger charge is -2.00. The number of nitro groups is 1. The molecule has 0 fully saturated rings. The van der Waals surface area contributed by atoms with Crippen molar-refractivity contribution in [3.05, 3.63) is 40.5 Å². The average molecular weight is 236 g/mol. The van der Waals surface area contributed by atoms with Gasteiger partial charge >= 0.3 is 5.69 Å². The quantitative estimate of drug-likeness (QED) is 0.629. The molecule has 0 saturated carbocycles. The molecule has 0 aliphatic heterocycles. The number of nitrogens with zero attached hydrogens (tertiary/aromatic N) is 3. The minimum atomic E-state index is -0.456. The van der Waals surface area contributed by atoms with Crippen molar-refractivity contribution in [2.75, 3.05) is 11.9 Å². The van der Waals surface area contributed by atoms with Crippen LogP contribution in [0.25, 0.3) is 0 Å². The van der Waals surface area contributed by atoms with Crippen LogP contribution in [0.4, 0.5) is 11.5 Å². The molecule has 0 bridgehead atoms. The third-order valence-corrected chi connectivity index (χ3v) is 2.25. The van der Waals surface area contributed by atoms with Gasteiger partial charge in [0.15, 0.2) is 0 Å². The van der Waals surface area contributed by atoms with Crippen molar-refractivity contribution < 1.29 is 9.34 Å². The van der Waals surface area contributed by atoms with E-state index in [1.807, 2.05) is 6.07 Å². The zero-order valence-corrected chi connectivity index (χ0v) is 9.29. The summed E-state index contributed by atoms with van der Waals surface area (Å²) < 4.78 is 6.56. The van der Waals surface area contributed by atoms with Crippen LogP contribution in [-0.4, -0.2) is 21.2 Å². The number of aryl methyl sites for hydroxylation is 1. The maximum Gasteiger partial charge on any atom is 0.330 e. The minimum Gasteiger partial charge on any atom is -0.469 e. The monoisotopic (exact) mass is 236 g/mol. The number of anilines is 1. The Morgan fingerprint density at radius 2 is 2.47 bits per heavy atom. The van der Waals surface area contributed by atoms with Crippen molar-refractivity contribution in [3.63, 3.8) is 0 Å². The van der Waals surface area contributed by atoms with E-state index < -0.39 is 4.92 Å². The molecule has 2 heterocycles. The van der Waals surface area contributed by atoms with Gasteiger partial charge in [-0.05, 0) is 12.1 Å². The summed E-state index contributed by atoms with van der Waals surface area (Å²) >= 11 is 0. The Hall–Kier alpha value is -2.31. The SMILES string of the molecule is Cn1cc([N+](=O)[O-])c(NCCc2ccco2)n1. The molecule has 17 heavy (non-hydrogen) atoms. The van der Waals surface area contributed by atoms with Gasteiger partial charge in [0.2, 0.25) is 5.82 Å². The summed E-state index contributed by atoms with van der Waals surface area (Å²) in [4.78, 5) is 10.3. The predicted octanol–water partition coefficient (Wildman–Crippen LogP) is 1.58. The predicted molar refractivity (Wildman–Crippen MR) is 60.8 cm³/mol. The van der Waals surface area contributed by atoms with E-state index in [0.29, 0.717) is 13.0 Å². The second-order valence-corrected chi connectivity index (χ2v) is 3.55. The molecule has 0 aromatic carbocycles. The van der Waals surface area contributed by atoms with E-state index >= 15 is 0 Å². The average Bonchev–Trinajstić information content (AvgIpc) is 2.88. The number of nitrogens with one attached hydrogen (secondary N) is 1. The molecule has 0 unspecified atom stereocenters. The van der Waals surface area contributed by atoms with Gasteiger partial charge < -0.3 is 9.73 Å². The molecule has 0 aliphatic rings. The molecule has 7 heteroatoms. The molecule has 7 nitrogen and oxygen atoms in total. The number of aromatic nitrogens is 2. The van der Waals surface area contributed by atoms with Crippen molar-refractivity contribution in [2.24, 2.45) is 7.05 Å². The van der Waals surface area contributed by atoms with Crippen LogP contribution in [0, 0.1) is 10.1 Å². The molecule has 0 atom stereocenters. The summed E-state index contributed by atoms with van der Waals surface area (Å²) in [6.45, 7) is 0.533. The summed E-state index contributed by atoms with van der Waals surface area (Å²) in [6.07, 6.45) is 3.62. The van der Waals surface area contributed by atoms with Crippen LogP contribution in [0.1, 0.15) is 5.76 Å². The van der Waals surface area contributed by atoms with Gasteiger partial charge in [-0.1, -0.05) is 0 Å². The second-order valence-electron chi connectivity index (χ2n) is 3.55. The van der Waals surface area contributed by atoms with E-state index in [4.69, 9.17) is 4.42 Å². The molecule has 0 saturated heterocycles. The fraction of sp³-hybridized carbons (Fsp3) is 0.300. The van der Waals surface area contributed by atoms with Crippen molar-refractivity contribution in [2.45, 2.75) is 6.42 Å². The van der Waals surface area contributed by atoms with Gasteiger partial charge in [0.1, 0.15) is 12.0 Å². The van der Waals surface area contributed by atoms with Crippen LogP contribution in [0.2, 0.25) is 0 Å². The van der Waals surface area contributed by atoms with Gasteiger partial charge in [0.25, 0.3) is 0 Å². The van der Waals surface area contributed by atoms with Gasteiger partial charge in [-0.15, -0.1) is 5.10 Å². The normalized spacial score (nSPS) is 10.4. The molecule has 2 aromatic heterocycles. The minimum absolute atomic E-state index is 0.0213. The van der Waals surface area contributed by atoms with Crippen molar-refractivity contribution >= 4 is 11.5 Å². The maximum atomic E-state index is 10.7. The standard InChI is InChI=1S/C10H12N4O3/c1-13-7-9(14(15)16)10(12-13)11-5-4-8-3-2-6-17-8/h2-3,6-7H,4-5H2,1H3,(H,11,12). The molecule has 0 radical (unpaired) electrons. The number of furan rings is 1. The summed E-state index contributed by atoms with van der Waals surface area (Å²) in [7, 11) is 1.64. The van der Waals surface area contributed by atoms with Crippen LogP contribution in [0.3, 0.4) is 0 Å². The van der Waals surface area contributed by atoms with Crippen LogP contribution in [0.15, 0.2) is 29.0 Å². The third kappa shape index (κ3) is 2.63. The summed E-state index contributed by atoms with van der Waals surface area (Å²) in [5.74, 6) is 1.11. The highest BCUT2D eigenvalue weighted by Crippen LogP contribution is 2.21. The Bertz CT molecular complexity index is 504. The van der Waals surface area contributed by atoms with E-state index in [1.165, 1.54) is 10.9 Å². The lowest BCUT2D eigenvalue weighted by atomic mass is 10.3. The van der Waals surface area contributed by atoms with Crippen molar-refractivity contribution in [3.8, 4) is 0 Å². The molecule has 2 rings (SSSR count). The van der Waals surface area contributed by atoms with Gasteiger partial charge in [0, 0.05) is 20.0 Å². The molecule has 0 amide bonds. The molecule has 1 N–H and O–H groups in total. The lowest BCUT2D eigenvalue weighted by Crippen LogP contribution is -2.06.